The van der Waals surface area contributed by atoms with Gasteiger partial charge in [-0.1, -0.05) is 13.8 Å². The number of hydrogen-bond acceptors (Lipinski definition) is 4. The lowest BCUT2D eigenvalue weighted by atomic mass is 9.85. The molecule has 0 bridgehead atoms. The Balaban J connectivity index is 2.04. The zero-order valence-corrected chi connectivity index (χ0v) is 12.5. The molecule has 1 N–H and O–H groups in total. The Kier molecular flexibility index (Phi) is 4.51. The highest BCUT2D eigenvalue weighted by Crippen LogP contribution is 2.28. The normalized spacial score (nSPS) is 23.0. The Morgan fingerprint density at radius 2 is 2.05 bits per heavy atom. The number of carbonyl (C=O) groups is 3. The molecule has 2 aliphatic heterocycles. The molecule has 7 heteroatoms. The molecule has 2 saturated heterocycles. The number of rotatable bonds is 4. The van der Waals surface area contributed by atoms with Crippen molar-refractivity contribution in [2.75, 3.05) is 26.3 Å². The Hall–Kier alpha value is -1.63. The summed E-state index contributed by atoms with van der Waals surface area (Å²) in [7, 11) is 0. The average Bonchev–Trinajstić information content (AvgIpc) is 2.37. The van der Waals surface area contributed by atoms with Crippen LogP contribution in [0.3, 0.4) is 0 Å². The first-order valence-corrected chi connectivity index (χ1v) is 7.19. The zero-order valence-electron chi connectivity index (χ0n) is 12.5. The summed E-state index contributed by atoms with van der Waals surface area (Å²) in [4.78, 5) is 38.6. The topological polar surface area (TPSA) is 87.2 Å². The summed E-state index contributed by atoms with van der Waals surface area (Å²) < 4.78 is 5.38. The van der Waals surface area contributed by atoms with E-state index in [0.717, 1.165) is 0 Å². The van der Waals surface area contributed by atoms with Crippen molar-refractivity contribution in [1.29, 1.82) is 0 Å². The maximum absolute atomic E-state index is 12.5. The summed E-state index contributed by atoms with van der Waals surface area (Å²) in [5.74, 6) is -0.976. The molecule has 0 saturated carbocycles. The molecule has 2 aliphatic rings. The molecule has 1 unspecified atom stereocenters. The van der Waals surface area contributed by atoms with Crippen LogP contribution >= 0.6 is 0 Å². The molecule has 7 nitrogen and oxygen atoms in total. The molecule has 0 radical (unpaired) electrons. The van der Waals surface area contributed by atoms with Crippen LogP contribution in [0.25, 0.3) is 0 Å². The number of carboxylic acid groups (broad SMARTS) is 1. The van der Waals surface area contributed by atoms with Crippen molar-refractivity contribution in [3.8, 4) is 0 Å². The molecule has 0 aromatic rings. The van der Waals surface area contributed by atoms with Crippen LogP contribution in [0.2, 0.25) is 0 Å². The summed E-state index contributed by atoms with van der Waals surface area (Å²) in [6, 6.07) is 0. The second kappa shape index (κ2) is 6.01. The third-order valence-corrected chi connectivity index (χ3v) is 3.93. The van der Waals surface area contributed by atoms with Crippen LogP contribution in [0.5, 0.6) is 0 Å². The SMILES string of the molecule is CC(C)(CC(=O)O)CC(=O)N1CCC(=O)N2CCOCC21. The molecule has 2 rings (SSSR count). The van der Waals surface area contributed by atoms with Gasteiger partial charge in [-0.2, -0.15) is 0 Å². The van der Waals surface area contributed by atoms with E-state index in [-0.39, 0.29) is 30.8 Å². The van der Waals surface area contributed by atoms with Gasteiger partial charge in [0.25, 0.3) is 0 Å². The summed E-state index contributed by atoms with van der Waals surface area (Å²) in [6.45, 7) is 5.25. The van der Waals surface area contributed by atoms with Crippen molar-refractivity contribution in [3.05, 3.63) is 0 Å². The number of ether oxygens (including phenoxy) is 1. The van der Waals surface area contributed by atoms with Crippen LogP contribution in [0.4, 0.5) is 0 Å². The largest absolute Gasteiger partial charge is 0.481 e. The van der Waals surface area contributed by atoms with Gasteiger partial charge in [-0.15, -0.1) is 0 Å². The van der Waals surface area contributed by atoms with E-state index in [4.69, 9.17) is 9.84 Å². The summed E-state index contributed by atoms with van der Waals surface area (Å²) in [5.41, 5.74) is -0.606. The van der Waals surface area contributed by atoms with Gasteiger partial charge in [0.1, 0.15) is 6.17 Å². The number of carboxylic acids is 1. The summed E-state index contributed by atoms with van der Waals surface area (Å²) in [5, 5.41) is 8.90. The highest BCUT2D eigenvalue weighted by molar-refractivity contribution is 5.83. The van der Waals surface area contributed by atoms with Gasteiger partial charge in [0.2, 0.25) is 11.8 Å². The quantitative estimate of drug-likeness (QED) is 0.806. The molecule has 0 aromatic heterocycles. The van der Waals surface area contributed by atoms with Gasteiger partial charge in [0.05, 0.1) is 19.6 Å². The number of morpholine rings is 1. The Labute approximate surface area is 123 Å². The minimum atomic E-state index is -0.913. The van der Waals surface area contributed by atoms with Crippen LogP contribution < -0.4 is 0 Å². The Morgan fingerprint density at radius 1 is 1.33 bits per heavy atom. The predicted molar refractivity (Wildman–Crippen MR) is 73.3 cm³/mol. The van der Waals surface area contributed by atoms with E-state index in [9.17, 15) is 14.4 Å². The van der Waals surface area contributed by atoms with Crippen molar-refractivity contribution in [3.63, 3.8) is 0 Å². The molecular formula is C14H22N2O5. The van der Waals surface area contributed by atoms with E-state index < -0.39 is 11.4 Å². The van der Waals surface area contributed by atoms with Gasteiger partial charge in [-0.3, -0.25) is 14.4 Å². The minimum absolute atomic E-state index is 0.0529. The fourth-order valence-electron chi connectivity index (χ4n) is 2.92. The molecule has 1 atom stereocenters. The third kappa shape index (κ3) is 3.72. The first-order chi connectivity index (χ1) is 9.80. The highest BCUT2D eigenvalue weighted by atomic mass is 16.5. The van der Waals surface area contributed by atoms with E-state index >= 15 is 0 Å². The lowest BCUT2D eigenvalue weighted by molar-refractivity contribution is -0.167. The second-order valence-electron chi connectivity index (χ2n) is 6.39. The smallest absolute Gasteiger partial charge is 0.303 e. The lowest BCUT2D eigenvalue weighted by Gasteiger charge is -2.46. The Bertz CT molecular complexity index is 449. The lowest BCUT2D eigenvalue weighted by Crippen LogP contribution is -2.63. The highest BCUT2D eigenvalue weighted by Gasteiger charge is 2.39. The third-order valence-electron chi connectivity index (χ3n) is 3.93. The number of fused-ring (bicyclic) bond motifs is 1. The van der Waals surface area contributed by atoms with Gasteiger partial charge in [-0.25, -0.2) is 0 Å². The van der Waals surface area contributed by atoms with Crippen LogP contribution in [-0.4, -0.2) is 65.2 Å². The number of hydrogen-bond donors (Lipinski definition) is 1. The van der Waals surface area contributed by atoms with Crippen molar-refractivity contribution in [1.82, 2.24) is 9.80 Å². The fourth-order valence-corrected chi connectivity index (χ4v) is 2.92. The van der Waals surface area contributed by atoms with Gasteiger partial charge in [0, 0.05) is 25.9 Å². The first-order valence-electron chi connectivity index (χ1n) is 7.19. The van der Waals surface area contributed by atoms with Gasteiger partial charge < -0.3 is 19.6 Å². The number of aliphatic carboxylic acids is 1. The molecule has 2 amide bonds. The number of carbonyl (C=O) groups excluding carboxylic acids is 2. The standard InChI is InChI=1S/C14H22N2O5/c1-14(2,8-13(19)20)7-12(18)15-4-3-11(17)16-5-6-21-9-10(15)16/h10H,3-9H2,1-2H3,(H,19,20). The van der Waals surface area contributed by atoms with Gasteiger partial charge in [-0.05, 0) is 5.41 Å². The summed E-state index contributed by atoms with van der Waals surface area (Å²) in [6.07, 6.45) is 0.0728. The monoisotopic (exact) mass is 298 g/mol. The predicted octanol–water partition coefficient (Wildman–Crippen LogP) is 0.295. The Morgan fingerprint density at radius 3 is 2.71 bits per heavy atom. The summed E-state index contributed by atoms with van der Waals surface area (Å²) >= 11 is 0. The fraction of sp³-hybridized carbons (Fsp3) is 0.786. The van der Waals surface area contributed by atoms with E-state index in [2.05, 4.69) is 0 Å². The molecule has 2 fully saturated rings. The van der Waals surface area contributed by atoms with Crippen LogP contribution in [0.15, 0.2) is 0 Å². The van der Waals surface area contributed by atoms with Crippen molar-refractivity contribution in [2.24, 2.45) is 5.41 Å². The van der Waals surface area contributed by atoms with Crippen LogP contribution in [-0.2, 0) is 19.1 Å². The van der Waals surface area contributed by atoms with Crippen LogP contribution in [0, 0.1) is 5.41 Å². The van der Waals surface area contributed by atoms with Gasteiger partial charge in [0.15, 0.2) is 0 Å². The van der Waals surface area contributed by atoms with Crippen molar-refractivity contribution >= 4 is 17.8 Å². The van der Waals surface area contributed by atoms with E-state index in [1.807, 2.05) is 0 Å². The van der Waals surface area contributed by atoms with Gasteiger partial charge >= 0.3 is 5.97 Å². The van der Waals surface area contributed by atoms with E-state index in [1.165, 1.54) is 0 Å². The number of nitrogens with zero attached hydrogens (tertiary/aromatic N) is 2. The van der Waals surface area contributed by atoms with E-state index in [0.29, 0.717) is 32.7 Å². The maximum atomic E-state index is 12.5. The molecule has 0 aliphatic carbocycles. The zero-order chi connectivity index (χ0) is 15.6. The molecular weight excluding hydrogens is 276 g/mol. The molecule has 0 spiro atoms. The second-order valence-corrected chi connectivity index (χ2v) is 6.39. The van der Waals surface area contributed by atoms with Crippen LogP contribution in [0.1, 0.15) is 33.1 Å². The molecule has 0 aromatic carbocycles. The van der Waals surface area contributed by atoms with E-state index in [1.54, 1.807) is 23.6 Å². The van der Waals surface area contributed by atoms with Crippen molar-refractivity contribution in [2.45, 2.75) is 39.3 Å². The molecule has 21 heavy (non-hydrogen) atoms. The minimum Gasteiger partial charge on any atom is -0.481 e. The average molecular weight is 298 g/mol. The first kappa shape index (κ1) is 15.8. The number of amides is 2. The maximum Gasteiger partial charge on any atom is 0.303 e. The molecule has 2 heterocycles. The van der Waals surface area contributed by atoms with Crippen molar-refractivity contribution < 1.29 is 24.2 Å². The molecule has 118 valence electrons.